The summed E-state index contributed by atoms with van der Waals surface area (Å²) in [7, 11) is -0.829. The standard InChI is InChI=1S/2C23H32.C21H28.C16H24.C10H24Si/c1-7-10-21(23-18(4)13-9-14-19(23)5)15-20(6)22-16(2)11-8-12-17(22)3;1-7-8-15-21(23-18(4)13-10-14-19(23)5)20(6)22-16(2)11-9-12-17(22)3;1-5-10-19(11-6-2)21-16(3)14-20(15-17(21)4)18-12-8-7-9-13-18;1-5-9-14-12(6-2)13-10-7-8-11-15(13)16(14,3)4;1-6-8-10(9-7-2)11(3,4)5/h8-9,11-14,20-21H,7,10,15H2,1-6H3;9-14,20-21H,7-8,15H2,1-6H3;7-9,12-15,19H,5-6,10-11H2,1-4H3;7-8,10-12,14H,5-6,9H2,1-4H3;10H,6-9H2,1-5H3/t2*20-,21?;;;/m00.../s1. The van der Waals surface area contributed by atoms with Crippen LogP contribution in [-0.4, -0.2) is 8.07 Å². The molecule has 6 atom stereocenters. The Bertz CT molecular complexity index is 3170. The largest absolute Gasteiger partial charge is 0.0693 e. The Balaban J connectivity index is 0.000000255. The average molecular weight is 1290 g/mol. The summed E-state index contributed by atoms with van der Waals surface area (Å²) in [5.41, 5.74) is 29.7. The summed E-state index contributed by atoms with van der Waals surface area (Å²) < 4.78 is 0. The minimum Gasteiger partial charge on any atom is -0.0693 e. The first-order valence-electron chi connectivity index (χ1n) is 38.2. The molecule has 1 aliphatic carbocycles. The van der Waals surface area contributed by atoms with E-state index in [2.05, 4.69) is 311 Å². The molecule has 0 bridgehead atoms. The molecule has 7 aromatic carbocycles. The van der Waals surface area contributed by atoms with Gasteiger partial charge in [0.1, 0.15) is 0 Å². The van der Waals surface area contributed by atoms with Gasteiger partial charge in [-0.25, -0.2) is 0 Å². The van der Waals surface area contributed by atoms with Crippen LogP contribution in [0.5, 0.6) is 0 Å². The zero-order chi connectivity index (χ0) is 69.9. The minimum absolute atomic E-state index is 0.368. The van der Waals surface area contributed by atoms with Gasteiger partial charge in [0, 0.05) is 8.07 Å². The van der Waals surface area contributed by atoms with Crippen molar-refractivity contribution in [1.29, 1.82) is 0 Å². The predicted molar refractivity (Wildman–Crippen MR) is 427 cm³/mol. The lowest BCUT2D eigenvalue weighted by Crippen LogP contribution is -2.27. The molecule has 94 heavy (non-hydrogen) atoms. The van der Waals surface area contributed by atoms with E-state index in [9.17, 15) is 0 Å². The molecular weight excluding hydrogens is 1150 g/mol. The van der Waals surface area contributed by atoms with Gasteiger partial charge in [0.05, 0.1) is 0 Å². The molecular formula is C93H140Si. The topological polar surface area (TPSA) is 0 Å². The average Bonchev–Trinajstić information content (AvgIpc) is 1.58. The monoisotopic (exact) mass is 1290 g/mol. The summed E-state index contributed by atoms with van der Waals surface area (Å²) in [6.07, 6.45) is 22.4. The SMILES string of the molecule is CCCC(CCC)[Si](C)(C)C.CCCC(CCC)c1c(C)cc(-c2ccccc2)cc1C.CCCC(C[C@H](C)c1c(C)cccc1C)c1c(C)cccc1C.CCCC1C(CC)c2ccccc2C1(C)C.CCCCC(c1c(C)cccc1C)[C@H](C)c1c(C)cccc1C. The number of fused-ring (bicyclic) bond motifs is 1. The fourth-order valence-electron chi connectivity index (χ4n) is 17.5. The van der Waals surface area contributed by atoms with Crippen molar-refractivity contribution >= 4 is 8.07 Å². The summed E-state index contributed by atoms with van der Waals surface area (Å²) in [4.78, 5) is 0. The molecule has 8 rings (SSSR count). The Morgan fingerprint density at radius 1 is 0.383 bits per heavy atom. The highest BCUT2D eigenvalue weighted by Gasteiger charge is 2.44. The zero-order valence-corrected chi connectivity index (χ0v) is 66.4. The third-order valence-corrected chi connectivity index (χ3v) is 25.1. The second-order valence-electron chi connectivity index (χ2n) is 30.9. The van der Waals surface area contributed by atoms with Crippen LogP contribution >= 0.6 is 0 Å². The summed E-state index contributed by atoms with van der Waals surface area (Å²) in [6.45, 7) is 58.4. The smallest absolute Gasteiger partial charge is 0.0473 e. The van der Waals surface area contributed by atoms with E-state index < -0.39 is 8.07 Å². The molecule has 0 saturated carbocycles. The molecule has 0 N–H and O–H groups in total. The molecule has 0 nitrogen and oxygen atoms in total. The van der Waals surface area contributed by atoms with Crippen molar-refractivity contribution < 1.29 is 0 Å². The van der Waals surface area contributed by atoms with E-state index in [0.717, 1.165) is 23.3 Å². The van der Waals surface area contributed by atoms with E-state index in [0.29, 0.717) is 29.1 Å². The highest BCUT2D eigenvalue weighted by atomic mass is 28.3. The fraction of sp³-hybridized carbons (Fsp3) is 0.548. The van der Waals surface area contributed by atoms with Crippen LogP contribution in [0.3, 0.4) is 0 Å². The second-order valence-corrected chi connectivity index (χ2v) is 36.5. The molecule has 0 amide bonds. The van der Waals surface area contributed by atoms with Gasteiger partial charge in [0.2, 0.25) is 0 Å². The number of rotatable bonds is 26. The van der Waals surface area contributed by atoms with Crippen LogP contribution in [0, 0.1) is 75.2 Å². The second kappa shape index (κ2) is 40.5. The van der Waals surface area contributed by atoms with E-state index in [1.54, 1.807) is 38.9 Å². The molecule has 0 aliphatic heterocycles. The summed E-state index contributed by atoms with van der Waals surface area (Å²) in [5, 5.41) is 0. The highest BCUT2D eigenvalue weighted by Crippen LogP contribution is 2.53. The Hall–Kier alpha value is -5.24. The van der Waals surface area contributed by atoms with E-state index in [-0.39, 0.29) is 0 Å². The molecule has 4 unspecified atom stereocenters. The summed E-state index contributed by atoms with van der Waals surface area (Å²) >= 11 is 0. The van der Waals surface area contributed by atoms with E-state index >= 15 is 0 Å². The van der Waals surface area contributed by atoms with Crippen molar-refractivity contribution in [2.45, 2.75) is 328 Å². The van der Waals surface area contributed by atoms with Gasteiger partial charge in [-0.3, -0.25) is 0 Å². The van der Waals surface area contributed by atoms with Crippen LogP contribution in [0.1, 0.15) is 322 Å². The van der Waals surface area contributed by atoms with E-state index in [1.165, 1.54) is 176 Å². The first-order chi connectivity index (χ1) is 44.7. The van der Waals surface area contributed by atoms with Crippen LogP contribution in [-0.2, 0) is 5.41 Å². The highest BCUT2D eigenvalue weighted by molar-refractivity contribution is 6.77. The molecule has 0 fully saturated rings. The molecule has 0 saturated heterocycles. The van der Waals surface area contributed by atoms with Crippen LogP contribution in [0.15, 0.2) is 140 Å². The van der Waals surface area contributed by atoms with E-state index in [1.807, 2.05) is 0 Å². The van der Waals surface area contributed by atoms with Crippen LogP contribution < -0.4 is 0 Å². The Labute approximate surface area is 583 Å². The Kier molecular flexibility index (Phi) is 35.0. The Morgan fingerprint density at radius 3 is 1.21 bits per heavy atom. The van der Waals surface area contributed by atoms with E-state index in [4.69, 9.17) is 0 Å². The van der Waals surface area contributed by atoms with Gasteiger partial charge in [-0.05, 0) is 272 Å². The van der Waals surface area contributed by atoms with Crippen molar-refractivity contribution in [1.82, 2.24) is 0 Å². The maximum absolute atomic E-state index is 2.50. The molecule has 0 spiro atoms. The number of unbranched alkanes of at least 4 members (excludes halogenated alkanes) is 1. The van der Waals surface area contributed by atoms with Gasteiger partial charge < -0.3 is 0 Å². The maximum atomic E-state index is 2.50. The van der Waals surface area contributed by atoms with Crippen molar-refractivity contribution in [3.63, 3.8) is 0 Å². The summed E-state index contributed by atoms with van der Waals surface area (Å²) in [5.74, 6) is 4.77. The predicted octanol–water partition coefficient (Wildman–Crippen LogP) is 29.8. The van der Waals surface area contributed by atoms with Gasteiger partial charge in [-0.1, -0.05) is 306 Å². The van der Waals surface area contributed by atoms with Crippen molar-refractivity contribution in [3.05, 3.63) is 234 Å². The fourth-order valence-corrected chi connectivity index (χ4v) is 19.8. The molecule has 516 valence electrons. The first-order valence-corrected chi connectivity index (χ1v) is 41.8. The third-order valence-electron chi connectivity index (χ3n) is 22.0. The van der Waals surface area contributed by atoms with Gasteiger partial charge in [-0.2, -0.15) is 0 Å². The molecule has 7 aromatic rings. The number of hydrogen-bond donors (Lipinski definition) is 0. The normalized spacial score (nSPS) is 15.3. The lowest BCUT2D eigenvalue weighted by Gasteiger charge is -2.31. The van der Waals surface area contributed by atoms with Gasteiger partial charge in [0.25, 0.3) is 0 Å². The quantitative estimate of drug-likeness (QED) is 0.0474. The first kappa shape index (κ1) is 81.2. The zero-order valence-electron chi connectivity index (χ0n) is 65.4. The third kappa shape index (κ3) is 22.7. The number of benzene rings is 7. The lowest BCUT2D eigenvalue weighted by atomic mass is 9.73. The van der Waals surface area contributed by atoms with Crippen molar-refractivity contribution in [3.8, 4) is 11.1 Å². The Morgan fingerprint density at radius 2 is 0.787 bits per heavy atom. The van der Waals surface area contributed by atoms with Gasteiger partial charge in [0.15, 0.2) is 0 Å². The van der Waals surface area contributed by atoms with Crippen LogP contribution in [0.2, 0.25) is 25.2 Å². The number of aryl methyl sites for hydroxylation is 10. The van der Waals surface area contributed by atoms with Gasteiger partial charge in [-0.15, -0.1) is 0 Å². The molecule has 0 heterocycles. The lowest BCUT2D eigenvalue weighted by molar-refractivity contribution is 0.277. The van der Waals surface area contributed by atoms with Gasteiger partial charge >= 0.3 is 0 Å². The van der Waals surface area contributed by atoms with Crippen molar-refractivity contribution in [2.24, 2.45) is 5.92 Å². The molecule has 1 heteroatoms. The van der Waals surface area contributed by atoms with Crippen LogP contribution in [0.4, 0.5) is 0 Å². The maximum Gasteiger partial charge on any atom is 0.0473 e. The summed E-state index contributed by atoms with van der Waals surface area (Å²) in [6, 6.07) is 51.4. The van der Waals surface area contributed by atoms with Crippen LogP contribution in [0.25, 0.3) is 11.1 Å². The molecule has 0 aromatic heterocycles. The van der Waals surface area contributed by atoms with Crippen molar-refractivity contribution in [2.75, 3.05) is 0 Å². The number of hydrogen-bond acceptors (Lipinski definition) is 0. The molecule has 1 aliphatic rings. The minimum atomic E-state index is -0.829. The molecule has 0 radical (unpaired) electrons.